The van der Waals surface area contributed by atoms with Gasteiger partial charge in [0.05, 0.1) is 12.3 Å². The van der Waals surface area contributed by atoms with E-state index in [1.54, 1.807) is 11.8 Å². The first-order valence-electron chi connectivity index (χ1n) is 7.90. The van der Waals surface area contributed by atoms with Gasteiger partial charge in [0.15, 0.2) is 5.82 Å². The average molecular weight is 415 g/mol. The molecule has 0 spiro atoms. The molecule has 1 aromatic heterocycles. The second kappa shape index (κ2) is 7.01. The van der Waals surface area contributed by atoms with Crippen LogP contribution in [0.3, 0.4) is 0 Å². The summed E-state index contributed by atoms with van der Waals surface area (Å²) < 4.78 is 8.44. The van der Waals surface area contributed by atoms with Crippen molar-refractivity contribution in [2.75, 3.05) is 12.4 Å². The maximum Gasteiger partial charge on any atom is 0.212 e. The standard InChI is InChI=1S/C18H15BrN4OS/c1-2-24-15-8-4-6-13(10-15)17-20-21-18-23(17)22-16(11-25-18)12-5-3-7-14(19)9-12/h3-10H,2,11H2,1H3. The third-order valence-electron chi connectivity index (χ3n) is 3.73. The molecule has 126 valence electrons. The number of nitrogens with zero attached hydrogens (tertiary/aromatic N) is 4. The first-order valence-corrected chi connectivity index (χ1v) is 9.67. The molecule has 1 aliphatic heterocycles. The van der Waals surface area contributed by atoms with Crippen LogP contribution in [0, 0.1) is 0 Å². The van der Waals surface area contributed by atoms with E-state index in [-0.39, 0.29) is 0 Å². The van der Waals surface area contributed by atoms with Gasteiger partial charge in [0.2, 0.25) is 5.16 Å². The minimum atomic E-state index is 0.627. The monoisotopic (exact) mass is 414 g/mol. The first kappa shape index (κ1) is 16.4. The zero-order chi connectivity index (χ0) is 17.2. The summed E-state index contributed by atoms with van der Waals surface area (Å²) in [6.45, 7) is 2.60. The molecule has 1 aliphatic rings. The number of rotatable bonds is 4. The maximum atomic E-state index is 5.59. The molecule has 0 fully saturated rings. The fourth-order valence-electron chi connectivity index (χ4n) is 2.61. The van der Waals surface area contributed by atoms with Crippen molar-refractivity contribution in [3.8, 4) is 17.1 Å². The third kappa shape index (κ3) is 3.34. The smallest absolute Gasteiger partial charge is 0.212 e. The van der Waals surface area contributed by atoms with E-state index in [0.29, 0.717) is 6.61 Å². The van der Waals surface area contributed by atoms with E-state index in [4.69, 9.17) is 9.84 Å². The van der Waals surface area contributed by atoms with Gasteiger partial charge in [-0.3, -0.25) is 0 Å². The summed E-state index contributed by atoms with van der Waals surface area (Å²) in [5, 5.41) is 14.2. The van der Waals surface area contributed by atoms with Crippen molar-refractivity contribution in [2.45, 2.75) is 12.1 Å². The summed E-state index contributed by atoms with van der Waals surface area (Å²) in [6, 6.07) is 16.0. The van der Waals surface area contributed by atoms with Crippen LogP contribution in [0.1, 0.15) is 12.5 Å². The molecule has 5 nitrogen and oxygen atoms in total. The predicted octanol–water partition coefficient (Wildman–Crippen LogP) is 4.46. The Balaban J connectivity index is 1.76. The lowest BCUT2D eigenvalue weighted by atomic mass is 10.1. The molecule has 4 rings (SSSR count). The molecule has 0 atom stereocenters. The zero-order valence-electron chi connectivity index (χ0n) is 13.5. The molecule has 2 heterocycles. The number of hydrogen-bond donors (Lipinski definition) is 0. The van der Waals surface area contributed by atoms with Crippen molar-refractivity contribution in [2.24, 2.45) is 5.10 Å². The van der Waals surface area contributed by atoms with E-state index in [0.717, 1.165) is 43.8 Å². The number of hydrogen-bond acceptors (Lipinski definition) is 5. The molecule has 0 saturated carbocycles. The second-order valence-corrected chi connectivity index (χ2v) is 7.28. The van der Waals surface area contributed by atoms with Crippen LogP contribution in [0.25, 0.3) is 11.4 Å². The number of fused-ring (bicyclic) bond motifs is 1. The summed E-state index contributed by atoms with van der Waals surface area (Å²) in [5.41, 5.74) is 3.03. The number of aromatic nitrogens is 3. The summed E-state index contributed by atoms with van der Waals surface area (Å²) in [7, 11) is 0. The van der Waals surface area contributed by atoms with E-state index in [2.05, 4.69) is 38.3 Å². The van der Waals surface area contributed by atoms with Crippen LogP contribution in [0.4, 0.5) is 0 Å². The molecule has 0 saturated heterocycles. The molecule has 2 aromatic carbocycles. The van der Waals surface area contributed by atoms with Crippen molar-refractivity contribution in [1.29, 1.82) is 0 Å². The highest BCUT2D eigenvalue weighted by molar-refractivity contribution is 9.10. The van der Waals surface area contributed by atoms with Gasteiger partial charge in [0.25, 0.3) is 0 Å². The molecule has 0 amide bonds. The van der Waals surface area contributed by atoms with Gasteiger partial charge in [0, 0.05) is 15.8 Å². The number of ether oxygens (including phenoxy) is 1. The Kier molecular flexibility index (Phi) is 4.59. The van der Waals surface area contributed by atoms with E-state index >= 15 is 0 Å². The Labute approximate surface area is 158 Å². The molecule has 0 bridgehead atoms. The molecule has 0 aliphatic carbocycles. The van der Waals surface area contributed by atoms with Gasteiger partial charge in [-0.2, -0.15) is 9.78 Å². The fourth-order valence-corrected chi connectivity index (χ4v) is 3.85. The Bertz CT molecular complexity index is 954. The summed E-state index contributed by atoms with van der Waals surface area (Å²) in [4.78, 5) is 0. The van der Waals surface area contributed by atoms with Crippen LogP contribution in [0.2, 0.25) is 0 Å². The van der Waals surface area contributed by atoms with Crippen molar-refractivity contribution < 1.29 is 4.74 Å². The molecule has 7 heteroatoms. The van der Waals surface area contributed by atoms with Gasteiger partial charge in [-0.15, -0.1) is 10.2 Å². The SMILES string of the molecule is CCOc1cccc(-c2nnc3n2N=C(c2cccc(Br)c2)CS3)c1. The molecule has 0 unspecified atom stereocenters. The molecular formula is C18H15BrN4OS. The zero-order valence-corrected chi connectivity index (χ0v) is 15.9. The Morgan fingerprint density at radius 2 is 1.96 bits per heavy atom. The number of benzene rings is 2. The van der Waals surface area contributed by atoms with E-state index < -0.39 is 0 Å². The largest absolute Gasteiger partial charge is 0.494 e. The van der Waals surface area contributed by atoms with Crippen molar-refractivity contribution >= 4 is 33.4 Å². The molecule has 0 radical (unpaired) electrons. The Hall–Kier alpha value is -2.12. The van der Waals surface area contributed by atoms with Gasteiger partial charge in [-0.1, -0.05) is 52.0 Å². The van der Waals surface area contributed by atoms with Gasteiger partial charge in [-0.25, -0.2) is 0 Å². The lowest BCUT2D eigenvalue weighted by Crippen LogP contribution is -2.13. The normalized spacial score (nSPS) is 13.3. The number of halogens is 1. The molecular weight excluding hydrogens is 400 g/mol. The minimum Gasteiger partial charge on any atom is -0.494 e. The van der Waals surface area contributed by atoms with Crippen molar-refractivity contribution in [1.82, 2.24) is 14.9 Å². The van der Waals surface area contributed by atoms with E-state index in [1.165, 1.54) is 0 Å². The summed E-state index contributed by atoms with van der Waals surface area (Å²) in [6.07, 6.45) is 0. The third-order valence-corrected chi connectivity index (χ3v) is 5.16. The predicted molar refractivity (Wildman–Crippen MR) is 103 cm³/mol. The van der Waals surface area contributed by atoms with Crippen molar-refractivity contribution in [3.63, 3.8) is 0 Å². The molecule has 3 aromatic rings. The highest BCUT2D eigenvalue weighted by atomic mass is 79.9. The summed E-state index contributed by atoms with van der Waals surface area (Å²) in [5.74, 6) is 2.31. The first-order chi connectivity index (χ1) is 12.2. The van der Waals surface area contributed by atoms with Gasteiger partial charge < -0.3 is 4.74 Å². The Morgan fingerprint density at radius 3 is 2.80 bits per heavy atom. The topological polar surface area (TPSA) is 52.3 Å². The van der Waals surface area contributed by atoms with Crippen LogP contribution in [-0.4, -0.2) is 32.9 Å². The van der Waals surface area contributed by atoms with E-state index in [9.17, 15) is 0 Å². The van der Waals surface area contributed by atoms with E-state index in [1.807, 2.05) is 48.0 Å². The summed E-state index contributed by atoms with van der Waals surface area (Å²) >= 11 is 5.16. The average Bonchev–Trinajstić information content (AvgIpc) is 3.05. The lowest BCUT2D eigenvalue weighted by molar-refractivity contribution is 0.340. The van der Waals surface area contributed by atoms with Crippen LogP contribution in [-0.2, 0) is 0 Å². The van der Waals surface area contributed by atoms with Gasteiger partial charge in [-0.05, 0) is 36.8 Å². The molecule has 25 heavy (non-hydrogen) atoms. The van der Waals surface area contributed by atoms with Crippen LogP contribution >= 0.6 is 27.7 Å². The van der Waals surface area contributed by atoms with Gasteiger partial charge in [0.1, 0.15) is 5.75 Å². The second-order valence-electron chi connectivity index (χ2n) is 5.42. The molecule has 0 N–H and O–H groups in total. The fraction of sp³-hybridized carbons (Fsp3) is 0.167. The number of thioether (sulfide) groups is 1. The lowest BCUT2D eigenvalue weighted by Gasteiger charge is -2.14. The van der Waals surface area contributed by atoms with Gasteiger partial charge >= 0.3 is 0 Å². The highest BCUT2D eigenvalue weighted by Crippen LogP contribution is 2.30. The highest BCUT2D eigenvalue weighted by Gasteiger charge is 2.21. The Morgan fingerprint density at radius 1 is 1.12 bits per heavy atom. The van der Waals surface area contributed by atoms with Crippen LogP contribution in [0.15, 0.2) is 63.3 Å². The van der Waals surface area contributed by atoms with Crippen molar-refractivity contribution in [3.05, 3.63) is 58.6 Å². The maximum absolute atomic E-state index is 5.59. The quantitative estimate of drug-likeness (QED) is 0.631. The minimum absolute atomic E-state index is 0.627. The van der Waals surface area contributed by atoms with Crippen LogP contribution < -0.4 is 4.74 Å². The van der Waals surface area contributed by atoms with Crippen LogP contribution in [0.5, 0.6) is 5.75 Å².